The molecule has 4 heterocycles. The van der Waals surface area contributed by atoms with Crippen molar-refractivity contribution in [2.24, 2.45) is 0 Å². The van der Waals surface area contributed by atoms with E-state index in [0.29, 0.717) is 36.9 Å². The van der Waals surface area contributed by atoms with Crippen molar-refractivity contribution < 1.29 is 38.7 Å². The molecule has 4 saturated heterocycles. The van der Waals surface area contributed by atoms with Gasteiger partial charge in [0.15, 0.2) is 0 Å². The number of hydrogen-bond donors (Lipinski definition) is 2. The highest BCUT2D eigenvalue weighted by molar-refractivity contribution is 9.09. The molecule has 238 valence electrons. The number of carbonyl (C=O) groups excluding carboxylic acids is 1. The molecule has 2 N–H and O–H groups in total. The van der Waals surface area contributed by atoms with Crippen LogP contribution in [-0.4, -0.2) is 85.1 Å². The van der Waals surface area contributed by atoms with Gasteiger partial charge in [0.05, 0.1) is 52.4 Å². The second-order valence-corrected chi connectivity index (χ2v) is 16.4. The molecule has 4 aliphatic rings. The number of carbonyl (C=O) groups is 1. The van der Waals surface area contributed by atoms with Crippen LogP contribution in [0.2, 0.25) is 0 Å². The summed E-state index contributed by atoms with van der Waals surface area (Å²) in [5.41, 5.74) is -3.93. The Morgan fingerprint density at radius 2 is 1.54 bits per heavy atom. The lowest BCUT2D eigenvalue weighted by Crippen LogP contribution is -2.63. The van der Waals surface area contributed by atoms with E-state index in [1.165, 1.54) is 6.92 Å². The van der Waals surface area contributed by atoms with E-state index in [2.05, 4.69) is 43.6 Å². The third kappa shape index (κ3) is 7.18. The zero-order chi connectivity index (χ0) is 30.6. The van der Waals surface area contributed by atoms with Gasteiger partial charge in [-0.1, -0.05) is 15.9 Å². The average molecular weight is 648 g/mol. The third-order valence-electron chi connectivity index (χ3n) is 10.5. The lowest BCUT2D eigenvalue weighted by atomic mass is 9.75. The summed E-state index contributed by atoms with van der Waals surface area (Å²) in [6, 6.07) is 0. The Bertz CT molecular complexity index is 948. The van der Waals surface area contributed by atoms with Crippen molar-refractivity contribution in [2.45, 2.75) is 195 Å². The fourth-order valence-electron chi connectivity index (χ4n) is 7.64. The van der Waals surface area contributed by atoms with Gasteiger partial charge in [0.2, 0.25) is 0 Å². The first-order chi connectivity index (χ1) is 18.7. The Hall–Kier alpha value is -0.290. The SMILES string of the molecule is CC(=O)O[C@H](CC[C@](C)(O)[C@H]1CC[C@@H]2O[C@H]([C@@]3(C)CC[C@H](Br)C(C)(C)O3)CC[C@@]2(C)O1)[C@@]1(C)CC[C@H](C(C)(C)O)O1. The van der Waals surface area contributed by atoms with Gasteiger partial charge in [0.1, 0.15) is 11.7 Å². The molecule has 0 aromatic carbocycles. The zero-order valence-corrected chi connectivity index (χ0v) is 28.3. The van der Waals surface area contributed by atoms with Crippen LogP contribution in [-0.2, 0) is 28.5 Å². The van der Waals surface area contributed by atoms with Gasteiger partial charge < -0.3 is 33.9 Å². The van der Waals surface area contributed by atoms with Gasteiger partial charge in [0.25, 0.3) is 0 Å². The molecule has 0 aliphatic carbocycles. The molecule has 4 fully saturated rings. The lowest BCUT2D eigenvalue weighted by Gasteiger charge is -2.56. The molecule has 8 nitrogen and oxygen atoms in total. The number of rotatable bonds is 8. The first-order valence-electron chi connectivity index (χ1n) is 15.7. The first-order valence-corrected chi connectivity index (χ1v) is 16.6. The Morgan fingerprint density at radius 3 is 2.12 bits per heavy atom. The van der Waals surface area contributed by atoms with Crippen molar-refractivity contribution in [3.63, 3.8) is 0 Å². The minimum Gasteiger partial charge on any atom is -0.459 e. The molecule has 0 amide bonds. The van der Waals surface area contributed by atoms with Gasteiger partial charge in [-0.15, -0.1) is 0 Å². The third-order valence-corrected chi connectivity index (χ3v) is 12.1. The van der Waals surface area contributed by atoms with Gasteiger partial charge in [-0.25, -0.2) is 0 Å². The zero-order valence-electron chi connectivity index (χ0n) is 26.8. The van der Waals surface area contributed by atoms with Crippen LogP contribution >= 0.6 is 15.9 Å². The summed E-state index contributed by atoms with van der Waals surface area (Å²) in [7, 11) is 0. The van der Waals surface area contributed by atoms with Gasteiger partial charge in [-0.3, -0.25) is 4.79 Å². The van der Waals surface area contributed by atoms with E-state index in [-0.39, 0.29) is 41.6 Å². The summed E-state index contributed by atoms with van der Waals surface area (Å²) < 4.78 is 32.1. The van der Waals surface area contributed by atoms with Crippen molar-refractivity contribution in [2.75, 3.05) is 0 Å². The summed E-state index contributed by atoms with van der Waals surface area (Å²) in [4.78, 5) is 12.4. The molecule has 0 spiro atoms. The first kappa shape index (κ1) is 33.6. The number of fused-ring (bicyclic) bond motifs is 1. The predicted molar refractivity (Wildman–Crippen MR) is 160 cm³/mol. The van der Waals surface area contributed by atoms with E-state index in [1.54, 1.807) is 13.8 Å². The van der Waals surface area contributed by atoms with Gasteiger partial charge in [0, 0.05) is 11.8 Å². The Morgan fingerprint density at radius 1 is 0.902 bits per heavy atom. The molecule has 0 aromatic rings. The monoisotopic (exact) mass is 646 g/mol. The van der Waals surface area contributed by atoms with Crippen molar-refractivity contribution in [1.29, 1.82) is 0 Å². The molecule has 0 saturated carbocycles. The molecule has 10 atom stereocenters. The Labute approximate surface area is 255 Å². The number of hydrogen-bond acceptors (Lipinski definition) is 8. The number of halogens is 1. The van der Waals surface area contributed by atoms with Gasteiger partial charge in [-0.05, 0) is 120 Å². The molecule has 0 unspecified atom stereocenters. The van der Waals surface area contributed by atoms with Crippen LogP contribution in [0.3, 0.4) is 0 Å². The van der Waals surface area contributed by atoms with E-state index in [0.717, 1.165) is 32.1 Å². The number of ether oxygens (including phenoxy) is 5. The van der Waals surface area contributed by atoms with Crippen molar-refractivity contribution in [1.82, 2.24) is 0 Å². The maximum absolute atomic E-state index is 12.0. The smallest absolute Gasteiger partial charge is 0.303 e. The lowest BCUT2D eigenvalue weighted by molar-refractivity contribution is -0.301. The molecule has 4 rings (SSSR count). The Balaban J connectivity index is 1.38. The van der Waals surface area contributed by atoms with Crippen molar-refractivity contribution >= 4 is 21.9 Å². The number of aliphatic hydroxyl groups is 2. The van der Waals surface area contributed by atoms with Crippen LogP contribution in [0.4, 0.5) is 0 Å². The maximum atomic E-state index is 12.0. The van der Waals surface area contributed by atoms with Crippen LogP contribution in [0, 0.1) is 0 Å². The summed E-state index contributed by atoms with van der Waals surface area (Å²) in [6.07, 6.45) is 6.02. The quantitative estimate of drug-likeness (QED) is 0.254. The van der Waals surface area contributed by atoms with Crippen molar-refractivity contribution in [3.05, 3.63) is 0 Å². The highest BCUT2D eigenvalue weighted by atomic mass is 79.9. The fraction of sp³-hybridized carbons (Fsp3) is 0.969. The van der Waals surface area contributed by atoms with Crippen LogP contribution < -0.4 is 0 Å². The van der Waals surface area contributed by atoms with E-state index >= 15 is 0 Å². The number of esters is 1. The van der Waals surface area contributed by atoms with E-state index in [1.807, 2.05) is 13.8 Å². The summed E-state index contributed by atoms with van der Waals surface area (Å²) in [6.45, 7) is 17.2. The minimum absolute atomic E-state index is 0.00452. The molecule has 0 radical (unpaired) electrons. The van der Waals surface area contributed by atoms with Crippen LogP contribution in [0.15, 0.2) is 0 Å². The minimum atomic E-state index is -1.12. The fourth-order valence-corrected chi connectivity index (χ4v) is 7.97. The molecule has 4 aliphatic heterocycles. The topological polar surface area (TPSA) is 104 Å². The molecule has 9 heteroatoms. The highest BCUT2D eigenvalue weighted by Crippen LogP contribution is 2.49. The average Bonchev–Trinajstić information content (AvgIpc) is 3.26. The maximum Gasteiger partial charge on any atom is 0.303 e. The second-order valence-electron chi connectivity index (χ2n) is 15.3. The Kier molecular flexibility index (Phi) is 9.48. The molecular formula is C32H55BrO8. The summed E-state index contributed by atoms with van der Waals surface area (Å²) in [5, 5.41) is 22.2. The molecule has 0 aromatic heterocycles. The number of alkyl halides is 1. The van der Waals surface area contributed by atoms with Gasteiger partial charge >= 0.3 is 5.97 Å². The molecule has 41 heavy (non-hydrogen) atoms. The van der Waals surface area contributed by atoms with Crippen LogP contribution in [0.25, 0.3) is 0 Å². The van der Waals surface area contributed by atoms with Gasteiger partial charge in [-0.2, -0.15) is 0 Å². The summed E-state index contributed by atoms with van der Waals surface area (Å²) in [5.74, 6) is -0.380. The van der Waals surface area contributed by atoms with Crippen molar-refractivity contribution in [3.8, 4) is 0 Å². The largest absolute Gasteiger partial charge is 0.459 e. The van der Waals surface area contributed by atoms with E-state index in [4.69, 9.17) is 23.7 Å². The predicted octanol–water partition coefficient (Wildman–Crippen LogP) is 5.75. The van der Waals surface area contributed by atoms with Crippen LogP contribution in [0.1, 0.15) is 127 Å². The molecule has 0 bridgehead atoms. The van der Waals surface area contributed by atoms with E-state index < -0.39 is 28.5 Å². The highest BCUT2D eigenvalue weighted by Gasteiger charge is 2.56. The van der Waals surface area contributed by atoms with Crippen LogP contribution in [0.5, 0.6) is 0 Å². The second kappa shape index (κ2) is 11.6. The normalized spacial score (nSPS) is 43.6. The van der Waals surface area contributed by atoms with E-state index in [9.17, 15) is 15.0 Å². The standard InChI is InChI=1S/C32H55BrO8/c1-20(34)37-25(31(8)18-14-22(39-31)27(2,3)35)13-16-29(6,36)23-10-11-24-30(7,40-23)19-15-26(38-24)32(9)17-12-21(33)28(4,5)41-32/h21-26,35-36H,10-19H2,1-9H3/t21-,22+,23+,24-,25+,26-,29-,30+,31+,32+/m0/s1. The molecular weight excluding hydrogens is 592 g/mol. The summed E-state index contributed by atoms with van der Waals surface area (Å²) >= 11 is 3.79.